The molecule has 0 spiro atoms. The number of aryl methyl sites for hydroxylation is 2. The number of rotatable bonds is 3. The lowest BCUT2D eigenvalue weighted by Crippen LogP contribution is -2.18. The zero-order valence-corrected chi connectivity index (χ0v) is 6.99. The fraction of sp³-hybridized carbons (Fsp3) is 0.333. The molecule has 0 fully saturated rings. The summed E-state index contributed by atoms with van der Waals surface area (Å²) < 4.78 is 1.53. The van der Waals surface area contributed by atoms with Gasteiger partial charge in [0.2, 0.25) is 0 Å². The lowest BCUT2D eigenvalue weighted by Gasteiger charge is -2.01. The van der Waals surface area contributed by atoms with Crippen LogP contribution in [-0.4, -0.2) is 10.9 Å². The van der Waals surface area contributed by atoms with Gasteiger partial charge in [-0.1, -0.05) is 0 Å². The number of pyridine rings is 1. The summed E-state index contributed by atoms with van der Waals surface area (Å²) in [6, 6.07) is 3.41. The Balaban J connectivity index is 2.86. The monoisotopic (exact) mass is 165 g/mol. The molecule has 3 nitrogen and oxygen atoms in total. The molecule has 1 rings (SSSR count). The summed E-state index contributed by atoms with van der Waals surface area (Å²) in [5.41, 5.74) is 0.902. The molecule has 0 aliphatic heterocycles. The molecule has 12 heavy (non-hydrogen) atoms. The normalized spacial score (nSPS) is 9.75. The van der Waals surface area contributed by atoms with Crippen LogP contribution in [0.4, 0.5) is 0 Å². The maximum Gasteiger partial charge on any atom is 0.250 e. The van der Waals surface area contributed by atoms with Crippen molar-refractivity contribution in [2.45, 2.75) is 19.9 Å². The summed E-state index contributed by atoms with van der Waals surface area (Å²) in [5.74, 6) is 0. The third-order valence-electron chi connectivity index (χ3n) is 1.64. The topological polar surface area (TPSA) is 39.1 Å². The van der Waals surface area contributed by atoms with Crippen LogP contribution in [0.3, 0.4) is 0 Å². The van der Waals surface area contributed by atoms with E-state index in [1.807, 2.05) is 13.0 Å². The van der Waals surface area contributed by atoms with Gasteiger partial charge in [0, 0.05) is 25.2 Å². The second kappa shape index (κ2) is 3.85. The molecule has 0 aliphatic carbocycles. The van der Waals surface area contributed by atoms with Crippen LogP contribution in [0.25, 0.3) is 0 Å². The number of hydrogen-bond donors (Lipinski definition) is 0. The summed E-state index contributed by atoms with van der Waals surface area (Å²) in [4.78, 5) is 21.2. The molecule has 0 aliphatic rings. The molecule has 0 atom stereocenters. The van der Waals surface area contributed by atoms with E-state index < -0.39 is 0 Å². The fourth-order valence-corrected chi connectivity index (χ4v) is 0.983. The van der Waals surface area contributed by atoms with Gasteiger partial charge in [-0.2, -0.15) is 0 Å². The Bertz CT molecular complexity index is 328. The van der Waals surface area contributed by atoms with Crippen molar-refractivity contribution in [3.63, 3.8) is 0 Å². The number of carbonyl (C=O) groups is 1. The first-order chi connectivity index (χ1) is 5.74. The standard InChI is InChI=1S/C9H11NO2/c1-8-3-5-10(4-2-6-11)9(12)7-8/h3,5-7H,2,4H2,1H3. The highest BCUT2D eigenvalue weighted by Gasteiger charge is 1.93. The van der Waals surface area contributed by atoms with Crippen LogP contribution in [0, 0.1) is 6.92 Å². The molecule has 0 saturated carbocycles. The Kier molecular flexibility index (Phi) is 2.80. The van der Waals surface area contributed by atoms with Crippen LogP contribution >= 0.6 is 0 Å². The van der Waals surface area contributed by atoms with Crippen LogP contribution in [0.5, 0.6) is 0 Å². The predicted octanol–water partition coefficient (Wildman–Crippen LogP) is 0.746. The molecular weight excluding hydrogens is 154 g/mol. The van der Waals surface area contributed by atoms with Gasteiger partial charge >= 0.3 is 0 Å². The van der Waals surface area contributed by atoms with Crippen molar-refractivity contribution in [1.82, 2.24) is 4.57 Å². The minimum absolute atomic E-state index is 0.0446. The third-order valence-corrected chi connectivity index (χ3v) is 1.64. The highest BCUT2D eigenvalue weighted by atomic mass is 16.1. The van der Waals surface area contributed by atoms with Gasteiger partial charge in [-0.3, -0.25) is 4.79 Å². The summed E-state index contributed by atoms with van der Waals surface area (Å²) in [7, 11) is 0. The molecule has 64 valence electrons. The van der Waals surface area contributed by atoms with E-state index in [-0.39, 0.29) is 5.56 Å². The highest BCUT2D eigenvalue weighted by Crippen LogP contribution is 1.91. The molecule has 0 amide bonds. The Hall–Kier alpha value is -1.38. The van der Waals surface area contributed by atoms with Gasteiger partial charge in [-0.05, 0) is 18.6 Å². The first-order valence-electron chi connectivity index (χ1n) is 3.85. The first kappa shape index (κ1) is 8.71. The molecule has 3 heteroatoms. The van der Waals surface area contributed by atoms with Crippen molar-refractivity contribution in [3.8, 4) is 0 Å². The molecule has 0 saturated heterocycles. The van der Waals surface area contributed by atoms with E-state index >= 15 is 0 Å². The summed E-state index contributed by atoms with van der Waals surface area (Å²) in [6.45, 7) is 2.34. The molecule has 0 radical (unpaired) electrons. The van der Waals surface area contributed by atoms with Crippen LogP contribution in [0.2, 0.25) is 0 Å². The molecule has 0 N–H and O–H groups in total. The quantitative estimate of drug-likeness (QED) is 0.620. The van der Waals surface area contributed by atoms with Gasteiger partial charge < -0.3 is 9.36 Å². The van der Waals surface area contributed by atoms with Crippen molar-refractivity contribution in [3.05, 3.63) is 34.2 Å². The Labute approximate surface area is 70.6 Å². The van der Waals surface area contributed by atoms with E-state index in [9.17, 15) is 9.59 Å². The van der Waals surface area contributed by atoms with Crippen molar-refractivity contribution in [2.75, 3.05) is 0 Å². The zero-order valence-electron chi connectivity index (χ0n) is 6.99. The largest absolute Gasteiger partial charge is 0.315 e. The average Bonchev–Trinajstić information content (AvgIpc) is 2.03. The van der Waals surface area contributed by atoms with Crippen molar-refractivity contribution in [2.24, 2.45) is 0 Å². The van der Waals surface area contributed by atoms with Crippen molar-refractivity contribution < 1.29 is 4.79 Å². The maximum atomic E-state index is 11.2. The molecule has 1 aromatic rings. The van der Waals surface area contributed by atoms with E-state index in [2.05, 4.69) is 0 Å². The van der Waals surface area contributed by atoms with Crippen molar-refractivity contribution in [1.29, 1.82) is 0 Å². The van der Waals surface area contributed by atoms with E-state index in [0.29, 0.717) is 13.0 Å². The molecule has 0 bridgehead atoms. The maximum absolute atomic E-state index is 11.2. The second-order valence-electron chi connectivity index (χ2n) is 2.69. The van der Waals surface area contributed by atoms with Gasteiger partial charge in [-0.15, -0.1) is 0 Å². The zero-order chi connectivity index (χ0) is 8.97. The van der Waals surface area contributed by atoms with Gasteiger partial charge in [0.25, 0.3) is 5.56 Å². The molecular formula is C9H11NO2. The van der Waals surface area contributed by atoms with Gasteiger partial charge in [0.05, 0.1) is 0 Å². The number of carbonyl (C=O) groups excluding carboxylic acids is 1. The Morgan fingerprint density at radius 3 is 2.92 bits per heavy atom. The number of aldehydes is 1. The molecule has 1 aromatic heterocycles. The SMILES string of the molecule is Cc1ccn(CCC=O)c(=O)c1. The number of aromatic nitrogens is 1. The van der Waals surface area contributed by atoms with Crippen LogP contribution in [0.15, 0.2) is 23.1 Å². The van der Waals surface area contributed by atoms with Crippen LogP contribution < -0.4 is 5.56 Å². The number of hydrogen-bond acceptors (Lipinski definition) is 2. The van der Waals surface area contributed by atoms with Gasteiger partial charge in [0.15, 0.2) is 0 Å². The third kappa shape index (κ3) is 2.05. The van der Waals surface area contributed by atoms with Crippen LogP contribution in [0.1, 0.15) is 12.0 Å². The Morgan fingerprint density at radius 2 is 2.33 bits per heavy atom. The summed E-state index contributed by atoms with van der Waals surface area (Å²) >= 11 is 0. The van der Waals surface area contributed by atoms with E-state index in [1.165, 1.54) is 4.57 Å². The molecule has 0 unspecified atom stereocenters. The minimum atomic E-state index is -0.0446. The van der Waals surface area contributed by atoms with E-state index in [1.54, 1.807) is 12.3 Å². The molecule has 0 aromatic carbocycles. The first-order valence-corrected chi connectivity index (χ1v) is 3.85. The van der Waals surface area contributed by atoms with Crippen molar-refractivity contribution >= 4 is 6.29 Å². The fourth-order valence-electron chi connectivity index (χ4n) is 0.983. The lowest BCUT2D eigenvalue weighted by atomic mass is 10.3. The molecule has 1 heterocycles. The van der Waals surface area contributed by atoms with Gasteiger partial charge in [0.1, 0.15) is 6.29 Å². The summed E-state index contributed by atoms with van der Waals surface area (Å²) in [6.07, 6.45) is 2.91. The smallest absolute Gasteiger partial charge is 0.250 e. The summed E-state index contributed by atoms with van der Waals surface area (Å²) in [5, 5.41) is 0. The lowest BCUT2D eigenvalue weighted by molar-refractivity contribution is -0.108. The van der Waals surface area contributed by atoms with Gasteiger partial charge in [-0.25, -0.2) is 0 Å². The minimum Gasteiger partial charge on any atom is -0.315 e. The van der Waals surface area contributed by atoms with E-state index in [4.69, 9.17) is 0 Å². The van der Waals surface area contributed by atoms with Crippen LogP contribution in [-0.2, 0) is 11.3 Å². The number of nitrogens with zero attached hydrogens (tertiary/aromatic N) is 1. The highest BCUT2D eigenvalue weighted by molar-refractivity contribution is 5.48. The Morgan fingerprint density at radius 1 is 1.58 bits per heavy atom. The predicted molar refractivity (Wildman–Crippen MR) is 46.1 cm³/mol. The average molecular weight is 165 g/mol. The second-order valence-corrected chi connectivity index (χ2v) is 2.69. The van der Waals surface area contributed by atoms with E-state index in [0.717, 1.165) is 11.8 Å².